The van der Waals surface area contributed by atoms with Gasteiger partial charge < -0.3 is 23.9 Å². The third kappa shape index (κ3) is 7.28. The molecule has 1 saturated heterocycles. The number of pyridine rings is 3. The number of halogens is 2. The number of nitriles is 1. The van der Waals surface area contributed by atoms with Gasteiger partial charge in [-0.25, -0.2) is 14.4 Å². The average Bonchev–Trinajstić information content (AvgIpc) is 3.01. The number of ether oxygens (including phenoxy) is 2. The summed E-state index contributed by atoms with van der Waals surface area (Å²) in [5.41, 5.74) is 2.61. The van der Waals surface area contributed by atoms with Crippen LogP contribution in [0.2, 0.25) is 0 Å². The first-order valence-electron chi connectivity index (χ1n) is 15.1. The number of hydrogen-bond donors (Lipinski definition) is 1. The number of rotatable bonds is 12. The molecule has 248 valence electrons. The van der Waals surface area contributed by atoms with Crippen molar-refractivity contribution in [2.75, 3.05) is 31.1 Å². The molecule has 2 fully saturated rings. The van der Waals surface area contributed by atoms with Crippen LogP contribution in [0.4, 0.5) is 14.0 Å². The molecule has 1 spiro atoms. The van der Waals surface area contributed by atoms with E-state index in [1.807, 2.05) is 6.92 Å². The number of carbonyl (C=O) groups excluding carboxylic acids is 1. The fourth-order valence-electron chi connectivity index (χ4n) is 6.09. The van der Waals surface area contributed by atoms with E-state index in [4.69, 9.17) is 9.47 Å². The lowest BCUT2D eigenvalue weighted by molar-refractivity contribution is -0.0344. The van der Waals surface area contributed by atoms with Gasteiger partial charge in [-0.2, -0.15) is 13.7 Å². The fourth-order valence-corrected chi connectivity index (χ4v) is 6.41. The number of nitrogens with zero attached hydrogens (tertiary/aromatic N) is 5. The number of aromatic nitrogens is 3. The van der Waals surface area contributed by atoms with Crippen molar-refractivity contribution in [1.82, 2.24) is 20.3 Å². The molecule has 6 rings (SSSR count). The molecular formula is C33H30F2N6O6S. The van der Waals surface area contributed by atoms with Crippen molar-refractivity contribution in [3.63, 3.8) is 0 Å². The summed E-state index contributed by atoms with van der Waals surface area (Å²) in [7, 11) is -5.21. The van der Waals surface area contributed by atoms with Crippen molar-refractivity contribution in [2.45, 2.75) is 32.3 Å². The van der Waals surface area contributed by atoms with Crippen LogP contribution in [-0.2, 0) is 16.9 Å². The second-order valence-corrected chi connectivity index (χ2v) is 12.6. The Bertz CT molecular complexity index is 1990. The van der Waals surface area contributed by atoms with Gasteiger partial charge in [0, 0.05) is 37.4 Å². The molecule has 1 saturated carbocycles. The lowest BCUT2D eigenvalue weighted by Crippen LogP contribution is -2.65. The minimum Gasteiger partial charge on any atom is -0.488 e. The molecule has 1 aliphatic heterocycles. The minimum absolute atomic E-state index is 0.00254. The standard InChI is InChI=1S/C33H30F2N6O6S/c1-2-45-32-26(4-3-10-39-32)27-6-8-29(30(40-27)31(42)38-11-9-21-12-24(18-37-17-21)47-48(35,43)44)46-25-14-33(15-25)19-41(20-33)28-7-5-23(34)13-22(28)16-36/h3-8,10,12-13,17-18,25H,2,9,11,14-15,19-20H2,1H3,(H,38,42). The fraction of sp³-hybridized carbons (Fsp3) is 0.303. The zero-order valence-electron chi connectivity index (χ0n) is 25.7. The maximum absolute atomic E-state index is 13.6. The molecule has 48 heavy (non-hydrogen) atoms. The zero-order valence-corrected chi connectivity index (χ0v) is 26.5. The Morgan fingerprint density at radius 3 is 2.73 bits per heavy atom. The van der Waals surface area contributed by atoms with Crippen LogP contribution in [0.15, 0.2) is 67.1 Å². The van der Waals surface area contributed by atoms with E-state index in [1.54, 1.807) is 36.5 Å². The number of carbonyl (C=O) groups is 1. The number of benzene rings is 1. The highest BCUT2D eigenvalue weighted by molar-refractivity contribution is 7.81. The molecule has 4 heterocycles. The predicted octanol–water partition coefficient (Wildman–Crippen LogP) is 4.56. The van der Waals surface area contributed by atoms with Crippen LogP contribution in [0.5, 0.6) is 17.4 Å². The van der Waals surface area contributed by atoms with Gasteiger partial charge in [-0.3, -0.25) is 9.78 Å². The van der Waals surface area contributed by atoms with Gasteiger partial charge in [0.05, 0.1) is 35.3 Å². The summed E-state index contributed by atoms with van der Waals surface area (Å²) in [6.07, 6.45) is 5.62. The molecule has 15 heteroatoms. The lowest BCUT2D eigenvalue weighted by Gasteiger charge is -2.59. The monoisotopic (exact) mass is 676 g/mol. The Labute approximate surface area is 275 Å². The SMILES string of the molecule is CCOc1ncccc1-c1ccc(OC2CC3(C2)CN(c2ccc(F)cc2C#N)C3)c(C(=O)NCCc2cncc(OS(=O)(=O)F)c2)n1. The van der Waals surface area contributed by atoms with Crippen LogP contribution in [0.3, 0.4) is 0 Å². The van der Waals surface area contributed by atoms with Gasteiger partial charge in [-0.15, -0.1) is 0 Å². The van der Waals surface area contributed by atoms with E-state index in [9.17, 15) is 26.8 Å². The molecule has 0 radical (unpaired) electrons. The van der Waals surface area contributed by atoms with Crippen molar-refractivity contribution >= 4 is 22.1 Å². The molecule has 1 N–H and O–H groups in total. The zero-order chi connectivity index (χ0) is 33.9. The van der Waals surface area contributed by atoms with Crippen LogP contribution in [-0.4, -0.2) is 61.6 Å². The Balaban J connectivity index is 1.15. The van der Waals surface area contributed by atoms with Crippen LogP contribution < -0.4 is 23.9 Å². The molecule has 2 aliphatic rings. The van der Waals surface area contributed by atoms with Gasteiger partial charge in [0.15, 0.2) is 17.2 Å². The van der Waals surface area contributed by atoms with E-state index >= 15 is 0 Å². The third-order valence-electron chi connectivity index (χ3n) is 8.15. The summed E-state index contributed by atoms with van der Waals surface area (Å²) < 4.78 is 64.4. The van der Waals surface area contributed by atoms with Crippen molar-refractivity contribution in [3.05, 3.63) is 89.8 Å². The number of anilines is 1. The second kappa shape index (κ2) is 13.4. The predicted molar refractivity (Wildman–Crippen MR) is 169 cm³/mol. The summed E-state index contributed by atoms with van der Waals surface area (Å²) in [6, 6.07) is 14.5. The van der Waals surface area contributed by atoms with Crippen molar-refractivity contribution in [1.29, 1.82) is 5.26 Å². The van der Waals surface area contributed by atoms with Crippen LogP contribution in [0, 0.1) is 22.6 Å². The molecule has 0 unspecified atom stereocenters. The van der Waals surface area contributed by atoms with Crippen molar-refractivity contribution < 1.29 is 35.1 Å². The van der Waals surface area contributed by atoms with Crippen LogP contribution in [0.1, 0.15) is 41.4 Å². The van der Waals surface area contributed by atoms with Gasteiger partial charge in [0.1, 0.15) is 18.0 Å². The summed E-state index contributed by atoms with van der Waals surface area (Å²) in [5, 5.41) is 12.2. The number of hydrogen-bond acceptors (Lipinski definition) is 11. The van der Waals surface area contributed by atoms with Gasteiger partial charge in [0.25, 0.3) is 5.91 Å². The molecule has 1 aromatic carbocycles. The van der Waals surface area contributed by atoms with Gasteiger partial charge in [0.2, 0.25) is 5.88 Å². The smallest absolute Gasteiger partial charge is 0.488 e. The highest BCUT2D eigenvalue weighted by atomic mass is 32.3. The van der Waals surface area contributed by atoms with Crippen LogP contribution in [0.25, 0.3) is 11.3 Å². The third-order valence-corrected chi connectivity index (χ3v) is 8.55. The summed E-state index contributed by atoms with van der Waals surface area (Å²) in [5.74, 6) is -0.585. The first-order valence-corrected chi connectivity index (χ1v) is 16.4. The summed E-state index contributed by atoms with van der Waals surface area (Å²) in [4.78, 5) is 28.4. The maximum atomic E-state index is 13.6. The normalized spacial score (nSPS) is 15.2. The second-order valence-electron chi connectivity index (χ2n) is 11.6. The molecule has 0 bridgehead atoms. The Morgan fingerprint density at radius 1 is 1.17 bits per heavy atom. The van der Waals surface area contributed by atoms with Gasteiger partial charge in [-0.05, 0) is 80.3 Å². The molecular weight excluding hydrogens is 646 g/mol. The Morgan fingerprint density at radius 2 is 1.98 bits per heavy atom. The number of amides is 1. The highest BCUT2D eigenvalue weighted by Crippen LogP contribution is 2.51. The van der Waals surface area contributed by atoms with E-state index in [0.29, 0.717) is 59.4 Å². The first kappa shape index (κ1) is 32.6. The first-order chi connectivity index (χ1) is 23.0. The lowest BCUT2D eigenvalue weighted by atomic mass is 9.61. The molecule has 4 aromatic rings. The molecule has 1 amide bonds. The van der Waals surface area contributed by atoms with Crippen molar-refractivity contribution in [2.24, 2.45) is 5.41 Å². The molecule has 0 atom stereocenters. The maximum Gasteiger partial charge on any atom is 0.488 e. The van der Waals surface area contributed by atoms with E-state index in [2.05, 4.69) is 35.4 Å². The quantitative estimate of drug-likeness (QED) is 0.210. The van der Waals surface area contributed by atoms with E-state index in [1.165, 1.54) is 24.4 Å². The highest BCUT2D eigenvalue weighted by Gasteiger charge is 2.54. The van der Waals surface area contributed by atoms with E-state index in [-0.39, 0.29) is 35.9 Å². The van der Waals surface area contributed by atoms with E-state index < -0.39 is 22.2 Å². The van der Waals surface area contributed by atoms with Gasteiger partial charge >= 0.3 is 10.5 Å². The largest absolute Gasteiger partial charge is 0.488 e. The topological polar surface area (TPSA) is 157 Å². The van der Waals surface area contributed by atoms with Crippen molar-refractivity contribution in [3.8, 4) is 34.7 Å². The Hall–Kier alpha value is -5.36. The van der Waals surface area contributed by atoms with E-state index in [0.717, 1.165) is 19.0 Å². The molecule has 3 aromatic heterocycles. The number of nitrogens with one attached hydrogen (secondary N) is 1. The molecule has 12 nitrogen and oxygen atoms in total. The summed E-state index contributed by atoms with van der Waals surface area (Å²) in [6.45, 7) is 3.75. The summed E-state index contributed by atoms with van der Waals surface area (Å²) >= 11 is 0. The molecule has 1 aliphatic carbocycles. The van der Waals surface area contributed by atoms with Crippen LogP contribution >= 0.6 is 0 Å². The van der Waals surface area contributed by atoms with Gasteiger partial charge in [-0.1, -0.05) is 3.89 Å². The average molecular weight is 677 g/mol. The Kier molecular flexibility index (Phi) is 9.09. The minimum atomic E-state index is -5.21.